The maximum atomic E-state index is 12.7. The van der Waals surface area contributed by atoms with Crippen molar-refractivity contribution in [1.29, 1.82) is 0 Å². The Morgan fingerprint density at radius 3 is 2.40 bits per heavy atom. The molecule has 1 saturated heterocycles. The van der Waals surface area contributed by atoms with E-state index in [4.69, 9.17) is 21.7 Å². The fraction of sp³-hybridized carbons (Fsp3) is 0.111. The van der Waals surface area contributed by atoms with E-state index in [1.165, 1.54) is 28.8 Å². The Morgan fingerprint density at radius 1 is 1.08 bits per heavy atom. The van der Waals surface area contributed by atoms with Crippen molar-refractivity contribution in [1.82, 2.24) is 0 Å². The van der Waals surface area contributed by atoms with Gasteiger partial charge in [0.15, 0.2) is 15.8 Å². The molecule has 128 valence electrons. The van der Waals surface area contributed by atoms with E-state index in [1.54, 1.807) is 44.6 Å². The first kappa shape index (κ1) is 17.3. The van der Waals surface area contributed by atoms with E-state index in [0.717, 1.165) is 5.56 Å². The Labute approximate surface area is 154 Å². The van der Waals surface area contributed by atoms with Crippen molar-refractivity contribution in [3.05, 3.63) is 52.9 Å². The number of aromatic hydroxyl groups is 1. The fourth-order valence-corrected chi connectivity index (χ4v) is 3.69. The minimum atomic E-state index is -0.199. The highest BCUT2D eigenvalue weighted by atomic mass is 32.2. The number of benzene rings is 2. The molecule has 0 radical (unpaired) electrons. The van der Waals surface area contributed by atoms with Crippen LogP contribution in [0.1, 0.15) is 5.56 Å². The summed E-state index contributed by atoms with van der Waals surface area (Å²) in [6.07, 6.45) is 1.77. The highest BCUT2D eigenvalue weighted by molar-refractivity contribution is 8.27. The average molecular weight is 373 g/mol. The average Bonchev–Trinajstić information content (AvgIpc) is 2.89. The molecule has 0 atom stereocenters. The van der Waals surface area contributed by atoms with Gasteiger partial charge in [0.1, 0.15) is 5.75 Å². The predicted octanol–water partition coefficient (Wildman–Crippen LogP) is 3.82. The molecular weight excluding hydrogens is 358 g/mol. The zero-order chi connectivity index (χ0) is 18.0. The normalized spacial score (nSPS) is 15.8. The summed E-state index contributed by atoms with van der Waals surface area (Å²) >= 11 is 6.57. The molecule has 7 heteroatoms. The third-order valence-electron chi connectivity index (χ3n) is 3.61. The van der Waals surface area contributed by atoms with Gasteiger partial charge in [0.2, 0.25) is 0 Å². The van der Waals surface area contributed by atoms with Gasteiger partial charge in [0.25, 0.3) is 5.91 Å². The second-order valence-electron chi connectivity index (χ2n) is 5.15. The summed E-state index contributed by atoms with van der Waals surface area (Å²) in [5.41, 5.74) is 1.43. The lowest BCUT2D eigenvalue weighted by Crippen LogP contribution is -2.27. The molecule has 2 aromatic carbocycles. The minimum absolute atomic E-state index is 0.134. The number of rotatable bonds is 4. The molecule has 0 saturated carbocycles. The van der Waals surface area contributed by atoms with Gasteiger partial charge in [-0.25, -0.2) is 0 Å². The van der Waals surface area contributed by atoms with E-state index in [0.29, 0.717) is 26.4 Å². The number of thioether (sulfide) groups is 1. The lowest BCUT2D eigenvalue weighted by atomic mass is 10.2. The molecule has 1 amide bonds. The molecule has 0 spiro atoms. The Bertz CT molecular complexity index is 862. The Balaban J connectivity index is 1.91. The summed E-state index contributed by atoms with van der Waals surface area (Å²) in [4.78, 5) is 14.7. The molecule has 0 aliphatic carbocycles. The van der Waals surface area contributed by atoms with Crippen LogP contribution in [0.3, 0.4) is 0 Å². The molecule has 1 aliphatic heterocycles. The van der Waals surface area contributed by atoms with Crippen LogP contribution in [0.5, 0.6) is 17.2 Å². The highest BCUT2D eigenvalue weighted by Crippen LogP contribution is 2.37. The van der Waals surface area contributed by atoms with Gasteiger partial charge < -0.3 is 14.6 Å². The number of methoxy groups -OCH3 is 2. The third kappa shape index (κ3) is 3.47. The van der Waals surface area contributed by atoms with Crippen LogP contribution in [-0.4, -0.2) is 29.6 Å². The molecule has 2 aromatic rings. The number of hydrogen-bond acceptors (Lipinski definition) is 6. The molecule has 0 unspecified atom stereocenters. The number of hydrogen-bond donors (Lipinski definition) is 1. The van der Waals surface area contributed by atoms with E-state index in [-0.39, 0.29) is 11.7 Å². The fourth-order valence-electron chi connectivity index (χ4n) is 2.39. The zero-order valence-electron chi connectivity index (χ0n) is 13.6. The van der Waals surface area contributed by atoms with E-state index in [9.17, 15) is 9.90 Å². The Kier molecular flexibility index (Phi) is 4.96. The summed E-state index contributed by atoms with van der Waals surface area (Å²) in [7, 11) is 3.13. The first-order valence-electron chi connectivity index (χ1n) is 7.32. The first-order valence-corrected chi connectivity index (χ1v) is 8.55. The summed E-state index contributed by atoms with van der Waals surface area (Å²) < 4.78 is 10.9. The molecule has 1 fully saturated rings. The molecule has 5 nitrogen and oxygen atoms in total. The van der Waals surface area contributed by atoms with Crippen LogP contribution < -0.4 is 14.4 Å². The van der Waals surface area contributed by atoms with Crippen molar-refractivity contribution in [2.45, 2.75) is 0 Å². The highest BCUT2D eigenvalue weighted by Gasteiger charge is 2.33. The smallest absolute Gasteiger partial charge is 0.270 e. The molecule has 0 bridgehead atoms. The monoisotopic (exact) mass is 373 g/mol. The standard InChI is InChI=1S/C18H15NO4S2/c1-22-14-8-3-11(9-15(14)23-2)10-16-17(21)19(18(24)25-16)12-4-6-13(20)7-5-12/h3-10,20H,1-2H3. The predicted molar refractivity (Wildman–Crippen MR) is 103 cm³/mol. The van der Waals surface area contributed by atoms with E-state index < -0.39 is 0 Å². The number of thiocarbonyl (C=S) groups is 1. The summed E-state index contributed by atoms with van der Waals surface area (Å²) in [5, 5.41) is 9.40. The second kappa shape index (κ2) is 7.16. The van der Waals surface area contributed by atoms with Crippen LogP contribution >= 0.6 is 24.0 Å². The Hall–Kier alpha value is -2.51. The van der Waals surface area contributed by atoms with E-state index in [1.807, 2.05) is 6.07 Å². The summed E-state index contributed by atoms with van der Waals surface area (Å²) in [6.45, 7) is 0. The van der Waals surface area contributed by atoms with Gasteiger partial charge in [-0.15, -0.1) is 0 Å². The molecule has 1 aliphatic rings. The van der Waals surface area contributed by atoms with Gasteiger partial charge in [0.05, 0.1) is 24.8 Å². The summed E-state index contributed by atoms with van der Waals surface area (Å²) in [6, 6.07) is 11.8. The van der Waals surface area contributed by atoms with Gasteiger partial charge in [-0.3, -0.25) is 9.69 Å². The van der Waals surface area contributed by atoms with Crippen LogP contribution in [0.2, 0.25) is 0 Å². The molecule has 25 heavy (non-hydrogen) atoms. The van der Waals surface area contributed by atoms with Gasteiger partial charge >= 0.3 is 0 Å². The van der Waals surface area contributed by atoms with Crippen molar-refractivity contribution in [3.8, 4) is 17.2 Å². The number of carbonyl (C=O) groups is 1. The van der Waals surface area contributed by atoms with Crippen LogP contribution in [0.15, 0.2) is 47.4 Å². The van der Waals surface area contributed by atoms with Crippen molar-refractivity contribution < 1.29 is 19.4 Å². The largest absolute Gasteiger partial charge is 0.508 e. The lowest BCUT2D eigenvalue weighted by molar-refractivity contribution is -0.113. The maximum Gasteiger partial charge on any atom is 0.270 e. The van der Waals surface area contributed by atoms with E-state index in [2.05, 4.69) is 0 Å². The van der Waals surface area contributed by atoms with Crippen LogP contribution in [0, 0.1) is 0 Å². The minimum Gasteiger partial charge on any atom is -0.508 e. The van der Waals surface area contributed by atoms with Gasteiger partial charge in [-0.2, -0.15) is 0 Å². The third-order valence-corrected chi connectivity index (χ3v) is 4.91. The van der Waals surface area contributed by atoms with Crippen molar-refractivity contribution in [2.24, 2.45) is 0 Å². The first-order chi connectivity index (χ1) is 12.0. The lowest BCUT2D eigenvalue weighted by Gasteiger charge is -2.14. The number of anilines is 1. The second-order valence-corrected chi connectivity index (χ2v) is 6.82. The van der Waals surface area contributed by atoms with Crippen molar-refractivity contribution in [2.75, 3.05) is 19.1 Å². The number of phenols is 1. The van der Waals surface area contributed by atoms with Gasteiger partial charge in [-0.1, -0.05) is 30.0 Å². The maximum absolute atomic E-state index is 12.7. The number of ether oxygens (including phenoxy) is 2. The van der Waals surface area contributed by atoms with Gasteiger partial charge in [0, 0.05) is 0 Å². The Morgan fingerprint density at radius 2 is 1.76 bits per heavy atom. The number of phenolic OH excluding ortho intramolecular Hbond substituents is 1. The van der Waals surface area contributed by atoms with Crippen LogP contribution in [0.4, 0.5) is 5.69 Å². The molecule has 3 rings (SSSR count). The van der Waals surface area contributed by atoms with E-state index >= 15 is 0 Å². The van der Waals surface area contributed by atoms with Gasteiger partial charge in [-0.05, 0) is 48.0 Å². The van der Waals surface area contributed by atoms with Crippen molar-refractivity contribution >= 4 is 46.0 Å². The SMILES string of the molecule is COc1ccc(C=C2SC(=S)N(c3ccc(O)cc3)C2=O)cc1OC. The molecular formula is C18H15NO4S2. The summed E-state index contributed by atoms with van der Waals surface area (Å²) in [5.74, 6) is 1.15. The number of amides is 1. The number of nitrogens with zero attached hydrogens (tertiary/aromatic N) is 1. The topological polar surface area (TPSA) is 59.0 Å². The van der Waals surface area contributed by atoms with Crippen LogP contribution in [-0.2, 0) is 4.79 Å². The zero-order valence-corrected chi connectivity index (χ0v) is 15.2. The molecule has 1 N–H and O–H groups in total. The molecule has 1 heterocycles. The quantitative estimate of drug-likeness (QED) is 0.650. The van der Waals surface area contributed by atoms with Crippen molar-refractivity contribution in [3.63, 3.8) is 0 Å². The van der Waals surface area contributed by atoms with Crippen LogP contribution in [0.25, 0.3) is 6.08 Å². The molecule has 0 aromatic heterocycles. The number of carbonyl (C=O) groups excluding carboxylic acids is 1.